The van der Waals surface area contributed by atoms with Crippen LogP contribution in [0.25, 0.3) is 0 Å². The van der Waals surface area contributed by atoms with Gasteiger partial charge in [0, 0.05) is 10.4 Å². The Morgan fingerprint density at radius 2 is 1.81 bits per heavy atom. The fraction of sp³-hybridized carbons (Fsp3) is 0.455. The number of methoxy groups -OCH3 is 1. The molecule has 8 nitrogen and oxygen atoms in total. The van der Waals surface area contributed by atoms with Crippen LogP contribution >= 0.6 is 11.3 Å². The molecule has 0 saturated carbocycles. The van der Waals surface area contributed by atoms with Crippen LogP contribution in [0.5, 0.6) is 11.5 Å². The smallest absolute Gasteiger partial charge is 0.341 e. The molecule has 4 rings (SSSR count). The number of anilines is 1. The quantitative estimate of drug-likeness (QED) is 0.535. The highest BCUT2D eigenvalue weighted by molar-refractivity contribution is 7.16. The molecule has 1 amide bonds. The van der Waals surface area contributed by atoms with Gasteiger partial charge in [0.15, 0.2) is 18.0 Å². The predicted molar refractivity (Wildman–Crippen MR) is 116 cm³/mol. The van der Waals surface area contributed by atoms with Crippen molar-refractivity contribution in [2.24, 2.45) is 0 Å². The number of esters is 1. The first-order valence-electron chi connectivity index (χ1n) is 10.5. The number of aryl methyl sites for hydroxylation is 1. The maximum Gasteiger partial charge on any atom is 0.341 e. The monoisotopic (exact) mass is 447 g/mol. The Labute approximate surface area is 185 Å². The van der Waals surface area contributed by atoms with Crippen LogP contribution in [0.4, 0.5) is 5.00 Å². The van der Waals surface area contributed by atoms with Crippen LogP contribution in [-0.2, 0) is 16.1 Å². The SMILES string of the molecule is COC(=O)c1c(NC(=O)C[NH+]2CC[NH+](Cc3ccc4c(c3)OCO4)CC2)sc(C)c1C. The zero-order valence-corrected chi connectivity index (χ0v) is 18.9. The largest absolute Gasteiger partial charge is 0.465 e. The average Bonchev–Trinajstić information content (AvgIpc) is 3.32. The highest BCUT2D eigenvalue weighted by Crippen LogP contribution is 2.33. The van der Waals surface area contributed by atoms with E-state index >= 15 is 0 Å². The molecule has 2 aliphatic heterocycles. The minimum Gasteiger partial charge on any atom is -0.465 e. The molecular weight excluding hydrogens is 418 g/mol. The van der Waals surface area contributed by atoms with Crippen LogP contribution in [0.3, 0.4) is 0 Å². The van der Waals surface area contributed by atoms with Gasteiger partial charge in [-0.1, -0.05) is 0 Å². The molecule has 2 aliphatic rings. The van der Waals surface area contributed by atoms with Gasteiger partial charge in [-0.15, -0.1) is 11.3 Å². The highest BCUT2D eigenvalue weighted by atomic mass is 32.1. The Morgan fingerprint density at radius 1 is 1.10 bits per heavy atom. The molecule has 1 aromatic carbocycles. The lowest BCUT2D eigenvalue weighted by Gasteiger charge is -2.29. The van der Waals surface area contributed by atoms with Crippen molar-refractivity contribution in [3.8, 4) is 11.5 Å². The second-order valence-electron chi connectivity index (χ2n) is 8.07. The van der Waals surface area contributed by atoms with Crippen molar-refractivity contribution in [1.82, 2.24) is 0 Å². The van der Waals surface area contributed by atoms with E-state index in [9.17, 15) is 9.59 Å². The standard InChI is InChI=1S/C22H27N3O5S/c1-14-15(2)31-21(20(14)22(27)28-3)23-19(26)12-25-8-6-24(7-9-25)11-16-4-5-17-18(10-16)30-13-29-17/h4-5,10H,6-9,11-13H2,1-3H3,(H,23,26)/p+2. The summed E-state index contributed by atoms with van der Waals surface area (Å²) < 4.78 is 15.7. The minimum atomic E-state index is -0.412. The van der Waals surface area contributed by atoms with Gasteiger partial charge in [0.1, 0.15) is 37.7 Å². The van der Waals surface area contributed by atoms with E-state index in [-0.39, 0.29) is 5.91 Å². The first-order chi connectivity index (χ1) is 14.9. The van der Waals surface area contributed by atoms with E-state index in [1.807, 2.05) is 19.9 Å². The molecule has 9 heteroatoms. The van der Waals surface area contributed by atoms with Gasteiger partial charge in [0.05, 0.1) is 12.7 Å². The number of fused-ring (bicyclic) bond motifs is 1. The number of amides is 1. The lowest BCUT2D eigenvalue weighted by atomic mass is 10.1. The number of rotatable bonds is 6. The molecule has 1 fully saturated rings. The third kappa shape index (κ3) is 4.84. The molecule has 3 heterocycles. The van der Waals surface area contributed by atoms with Crippen LogP contribution in [0, 0.1) is 13.8 Å². The Morgan fingerprint density at radius 3 is 2.55 bits per heavy atom. The predicted octanol–water partition coefficient (Wildman–Crippen LogP) is -0.198. The number of quaternary nitrogens is 2. The maximum atomic E-state index is 12.6. The second kappa shape index (κ2) is 9.25. The van der Waals surface area contributed by atoms with Crippen molar-refractivity contribution in [1.29, 1.82) is 0 Å². The van der Waals surface area contributed by atoms with E-state index in [0.29, 0.717) is 23.9 Å². The number of thiophene rings is 1. The van der Waals surface area contributed by atoms with E-state index in [4.69, 9.17) is 14.2 Å². The summed E-state index contributed by atoms with van der Waals surface area (Å²) in [6.45, 7) is 9.31. The number of carbonyl (C=O) groups is 2. The number of nitrogens with one attached hydrogen (secondary N) is 3. The lowest BCUT2D eigenvalue weighted by Crippen LogP contribution is -3.28. The van der Waals surface area contributed by atoms with Gasteiger partial charge in [-0.25, -0.2) is 4.79 Å². The van der Waals surface area contributed by atoms with Gasteiger partial charge >= 0.3 is 5.97 Å². The van der Waals surface area contributed by atoms with Crippen LogP contribution in [0.2, 0.25) is 0 Å². The van der Waals surface area contributed by atoms with E-state index in [1.54, 1.807) is 0 Å². The molecule has 3 N–H and O–H groups in total. The maximum absolute atomic E-state index is 12.6. The topological polar surface area (TPSA) is 82.7 Å². The molecule has 0 atom stereocenters. The van der Waals surface area contributed by atoms with Crippen molar-refractivity contribution in [3.63, 3.8) is 0 Å². The third-order valence-electron chi connectivity index (χ3n) is 5.99. The molecule has 1 aromatic heterocycles. The average molecular weight is 448 g/mol. The zero-order chi connectivity index (χ0) is 22.0. The van der Waals surface area contributed by atoms with E-state index in [1.165, 1.54) is 33.8 Å². The molecule has 31 heavy (non-hydrogen) atoms. The second-order valence-corrected chi connectivity index (χ2v) is 9.29. The van der Waals surface area contributed by atoms with Gasteiger partial charge in [-0.2, -0.15) is 0 Å². The number of carbonyl (C=O) groups excluding carboxylic acids is 2. The summed E-state index contributed by atoms with van der Waals surface area (Å²) >= 11 is 1.42. The molecule has 1 saturated heterocycles. The Kier molecular flexibility index (Phi) is 6.45. The molecule has 0 bridgehead atoms. The fourth-order valence-electron chi connectivity index (χ4n) is 4.11. The summed E-state index contributed by atoms with van der Waals surface area (Å²) in [4.78, 5) is 28.5. The Hall–Kier alpha value is -2.62. The molecule has 0 aliphatic carbocycles. The van der Waals surface area contributed by atoms with Crippen molar-refractivity contribution in [2.45, 2.75) is 20.4 Å². The molecular formula is C22H29N3O5S+2. The molecule has 166 valence electrons. The number of hydrogen-bond acceptors (Lipinski definition) is 6. The van der Waals surface area contributed by atoms with Gasteiger partial charge < -0.3 is 29.3 Å². The molecule has 0 unspecified atom stereocenters. The van der Waals surface area contributed by atoms with E-state index in [0.717, 1.165) is 54.7 Å². The van der Waals surface area contributed by atoms with Gasteiger partial charge in [0.25, 0.3) is 5.91 Å². The van der Waals surface area contributed by atoms with Gasteiger partial charge in [-0.05, 0) is 37.6 Å². The summed E-state index contributed by atoms with van der Waals surface area (Å²) in [5.41, 5.74) is 2.56. The zero-order valence-electron chi connectivity index (χ0n) is 18.1. The fourth-order valence-corrected chi connectivity index (χ4v) is 5.18. The van der Waals surface area contributed by atoms with E-state index < -0.39 is 5.97 Å². The van der Waals surface area contributed by atoms with Gasteiger partial charge in [0.2, 0.25) is 6.79 Å². The molecule has 2 aromatic rings. The summed E-state index contributed by atoms with van der Waals surface area (Å²) in [5.74, 6) is 1.15. The van der Waals surface area contributed by atoms with Crippen molar-refractivity contribution in [2.75, 3.05) is 51.9 Å². The normalized spacial score (nSPS) is 19.8. The number of benzene rings is 1. The minimum absolute atomic E-state index is 0.0689. The third-order valence-corrected chi connectivity index (χ3v) is 7.12. The van der Waals surface area contributed by atoms with Crippen LogP contribution in [0.15, 0.2) is 18.2 Å². The summed E-state index contributed by atoms with van der Waals surface area (Å²) in [7, 11) is 1.36. The van der Waals surface area contributed by atoms with Crippen LogP contribution < -0.4 is 24.6 Å². The summed E-state index contributed by atoms with van der Waals surface area (Å²) in [6, 6.07) is 6.13. The lowest BCUT2D eigenvalue weighted by molar-refractivity contribution is -1.02. The molecule has 0 spiro atoms. The van der Waals surface area contributed by atoms with Crippen LogP contribution in [-0.4, -0.2) is 58.5 Å². The van der Waals surface area contributed by atoms with Crippen molar-refractivity contribution in [3.05, 3.63) is 39.8 Å². The first kappa shape index (κ1) is 21.6. The van der Waals surface area contributed by atoms with E-state index in [2.05, 4.69) is 17.4 Å². The van der Waals surface area contributed by atoms with Crippen molar-refractivity contribution >= 4 is 28.2 Å². The summed E-state index contributed by atoms with van der Waals surface area (Å²) in [6.07, 6.45) is 0. The van der Waals surface area contributed by atoms with Gasteiger partial charge in [-0.3, -0.25) is 4.79 Å². The molecule has 0 radical (unpaired) electrons. The number of hydrogen-bond donors (Lipinski definition) is 3. The first-order valence-corrected chi connectivity index (χ1v) is 11.3. The van der Waals surface area contributed by atoms with Crippen LogP contribution in [0.1, 0.15) is 26.4 Å². The number of ether oxygens (including phenoxy) is 3. The summed E-state index contributed by atoms with van der Waals surface area (Å²) in [5, 5.41) is 3.52. The number of piperazine rings is 1. The van der Waals surface area contributed by atoms with Crippen molar-refractivity contribution < 1.29 is 33.6 Å². The Balaban J connectivity index is 1.28. The highest BCUT2D eigenvalue weighted by Gasteiger charge is 2.27. The Bertz CT molecular complexity index is 982.